The second-order valence-electron chi connectivity index (χ2n) is 7.92. The number of H-pyrrole nitrogens is 1. The van der Waals surface area contributed by atoms with Gasteiger partial charge in [-0.15, -0.1) is 0 Å². The van der Waals surface area contributed by atoms with Gasteiger partial charge in [-0.1, -0.05) is 0 Å². The highest BCUT2D eigenvalue weighted by Gasteiger charge is 2.22. The summed E-state index contributed by atoms with van der Waals surface area (Å²) in [5.74, 6) is -0.755. The van der Waals surface area contributed by atoms with Crippen LogP contribution in [0.15, 0.2) is 55.0 Å². The van der Waals surface area contributed by atoms with Crippen molar-refractivity contribution in [2.75, 3.05) is 43.5 Å². The van der Waals surface area contributed by atoms with E-state index in [0.29, 0.717) is 54.3 Å². The van der Waals surface area contributed by atoms with Crippen LogP contribution in [0.1, 0.15) is 0 Å². The van der Waals surface area contributed by atoms with Crippen LogP contribution in [0.2, 0.25) is 0 Å². The van der Waals surface area contributed by atoms with E-state index >= 15 is 0 Å². The van der Waals surface area contributed by atoms with Gasteiger partial charge in [-0.05, 0) is 30.3 Å². The molecule has 4 aromatic rings. The number of rotatable bonds is 5. The molecule has 1 fully saturated rings. The number of nitrogens with one attached hydrogen (secondary N) is 2. The molecule has 0 saturated carbocycles. The third-order valence-electron chi connectivity index (χ3n) is 5.76. The maximum absolute atomic E-state index is 13.6. The van der Waals surface area contributed by atoms with Gasteiger partial charge in [0.2, 0.25) is 0 Å². The van der Waals surface area contributed by atoms with Crippen LogP contribution in [0.3, 0.4) is 0 Å². The molecule has 9 nitrogen and oxygen atoms in total. The predicted octanol–water partition coefficient (Wildman–Crippen LogP) is 4.39. The molecule has 2 amide bonds. The normalized spacial score (nSPS) is 13.7. The summed E-state index contributed by atoms with van der Waals surface area (Å²) >= 11 is 0. The number of nitrogens with zero attached hydrogens (tertiary/aromatic N) is 4. The molecule has 180 valence electrons. The minimum absolute atomic E-state index is 0.270. The number of halogens is 2. The topological polar surface area (TPSA) is 95.6 Å². The van der Waals surface area contributed by atoms with E-state index in [-0.39, 0.29) is 12.0 Å². The number of hydrogen-bond acceptors (Lipinski definition) is 6. The zero-order valence-electron chi connectivity index (χ0n) is 18.8. The van der Waals surface area contributed by atoms with E-state index in [2.05, 4.69) is 25.2 Å². The lowest BCUT2D eigenvalue weighted by atomic mass is 10.2. The third kappa shape index (κ3) is 4.79. The lowest BCUT2D eigenvalue weighted by molar-refractivity contribution is 0.208. The zero-order valence-corrected chi connectivity index (χ0v) is 18.8. The molecule has 0 bridgehead atoms. The largest absolute Gasteiger partial charge is 0.467 e. The zero-order chi connectivity index (χ0) is 24.4. The summed E-state index contributed by atoms with van der Waals surface area (Å²) in [5, 5.41) is 3.20. The number of ether oxygens (including phenoxy) is 2. The predicted molar refractivity (Wildman–Crippen MR) is 126 cm³/mol. The van der Waals surface area contributed by atoms with E-state index in [1.807, 2.05) is 24.3 Å². The van der Waals surface area contributed by atoms with E-state index in [1.54, 1.807) is 4.90 Å². The van der Waals surface area contributed by atoms with Crippen molar-refractivity contribution in [3.63, 3.8) is 0 Å². The molecule has 0 spiro atoms. The quantitative estimate of drug-likeness (QED) is 0.440. The highest BCUT2D eigenvalue weighted by atomic mass is 19.2. The van der Waals surface area contributed by atoms with Crippen molar-refractivity contribution in [2.24, 2.45) is 0 Å². The molecule has 2 aromatic carbocycles. The minimum Gasteiger partial charge on any atom is -0.467 e. The van der Waals surface area contributed by atoms with Crippen molar-refractivity contribution in [1.29, 1.82) is 0 Å². The van der Waals surface area contributed by atoms with Gasteiger partial charge in [-0.25, -0.2) is 13.6 Å². The summed E-state index contributed by atoms with van der Waals surface area (Å²) in [4.78, 5) is 27.5. The van der Waals surface area contributed by atoms with Crippen LogP contribution in [-0.4, -0.2) is 59.2 Å². The van der Waals surface area contributed by atoms with Gasteiger partial charge in [-0.2, -0.15) is 9.97 Å². The van der Waals surface area contributed by atoms with Gasteiger partial charge in [0.25, 0.3) is 0 Å². The summed E-state index contributed by atoms with van der Waals surface area (Å²) in [7, 11) is 1.50. The summed E-state index contributed by atoms with van der Waals surface area (Å²) in [5.41, 5.74) is 1.83. The average molecular weight is 480 g/mol. The van der Waals surface area contributed by atoms with Crippen molar-refractivity contribution in [2.45, 2.75) is 0 Å². The van der Waals surface area contributed by atoms with Crippen molar-refractivity contribution >= 4 is 28.3 Å². The fourth-order valence-electron chi connectivity index (χ4n) is 3.91. The van der Waals surface area contributed by atoms with E-state index in [1.165, 1.54) is 25.7 Å². The van der Waals surface area contributed by atoms with Crippen LogP contribution in [-0.2, 0) is 0 Å². The summed E-state index contributed by atoms with van der Waals surface area (Å²) in [6.45, 7) is 2.32. The number of benzene rings is 2. The Morgan fingerprint density at radius 1 is 1.00 bits per heavy atom. The van der Waals surface area contributed by atoms with Crippen LogP contribution < -0.4 is 19.7 Å². The van der Waals surface area contributed by atoms with Crippen LogP contribution in [0.4, 0.5) is 25.0 Å². The molecule has 11 heteroatoms. The number of carbonyl (C=O) groups is 1. The first kappa shape index (κ1) is 22.4. The molecule has 3 heterocycles. The van der Waals surface area contributed by atoms with Crippen molar-refractivity contribution < 1.29 is 23.0 Å². The molecule has 0 radical (unpaired) electrons. The van der Waals surface area contributed by atoms with Crippen LogP contribution in [0.5, 0.6) is 17.5 Å². The Bertz CT molecular complexity index is 1340. The van der Waals surface area contributed by atoms with Crippen molar-refractivity contribution in [3.8, 4) is 17.5 Å². The molecular formula is C24H22F2N6O3. The number of urea groups is 1. The Hall–Kier alpha value is -4.41. The van der Waals surface area contributed by atoms with Crippen LogP contribution >= 0.6 is 0 Å². The summed E-state index contributed by atoms with van der Waals surface area (Å²) < 4.78 is 37.7. The Kier molecular flexibility index (Phi) is 6.04. The van der Waals surface area contributed by atoms with Crippen molar-refractivity contribution in [3.05, 3.63) is 66.6 Å². The standard InChI is InChI=1S/C24H22F2N6O3/c1-34-23-28-12-17(13-29-23)35-16-4-2-15(3-5-16)31-6-8-32(9-7-31)24(33)30-22-14-27-21-11-20(26)19(25)10-18(21)22/h2-5,10-14,27H,6-9H2,1H3,(H,30,33). The summed E-state index contributed by atoms with van der Waals surface area (Å²) in [6, 6.07) is 9.75. The average Bonchev–Trinajstić information content (AvgIpc) is 3.26. The molecule has 0 atom stereocenters. The van der Waals surface area contributed by atoms with Gasteiger partial charge in [0, 0.05) is 49.5 Å². The maximum Gasteiger partial charge on any atom is 0.322 e. The Labute approximate surface area is 199 Å². The number of carbonyl (C=O) groups excluding carboxylic acids is 1. The molecule has 1 aliphatic rings. The minimum atomic E-state index is -0.963. The van der Waals surface area contributed by atoms with Crippen molar-refractivity contribution in [1.82, 2.24) is 19.9 Å². The lowest BCUT2D eigenvalue weighted by Crippen LogP contribution is -2.50. The Morgan fingerprint density at radius 2 is 1.69 bits per heavy atom. The maximum atomic E-state index is 13.6. The number of hydrogen-bond donors (Lipinski definition) is 2. The molecule has 1 saturated heterocycles. The smallest absolute Gasteiger partial charge is 0.322 e. The molecule has 2 aromatic heterocycles. The Balaban J connectivity index is 1.16. The van der Waals surface area contributed by atoms with Gasteiger partial charge in [0.15, 0.2) is 17.4 Å². The van der Waals surface area contributed by atoms with Gasteiger partial charge in [0.05, 0.1) is 30.7 Å². The van der Waals surface area contributed by atoms with Gasteiger partial charge in [0.1, 0.15) is 5.75 Å². The molecule has 35 heavy (non-hydrogen) atoms. The van der Waals surface area contributed by atoms with Crippen LogP contribution in [0, 0.1) is 11.6 Å². The SMILES string of the molecule is COc1ncc(Oc2ccc(N3CCN(C(=O)Nc4c[nH]c5cc(F)c(F)cc45)CC3)cc2)cn1. The van der Waals surface area contributed by atoms with Gasteiger partial charge < -0.3 is 29.6 Å². The highest BCUT2D eigenvalue weighted by Crippen LogP contribution is 2.27. The molecule has 2 N–H and O–H groups in total. The third-order valence-corrected chi connectivity index (χ3v) is 5.76. The number of amides is 2. The van der Waals surface area contributed by atoms with Gasteiger partial charge >= 0.3 is 12.0 Å². The van der Waals surface area contributed by atoms with E-state index in [9.17, 15) is 13.6 Å². The van der Waals surface area contributed by atoms with E-state index in [0.717, 1.165) is 17.8 Å². The Morgan fingerprint density at radius 3 is 2.37 bits per heavy atom. The first-order valence-corrected chi connectivity index (χ1v) is 10.9. The number of fused-ring (bicyclic) bond motifs is 1. The molecule has 1 aliphatic heterocycles. The second kappa shape index (κ2) is 9.45. The van der Waals surface area contributed by atoms with E-state index < -0.39 is 11.6 Å². The fourth-order valence-corrected chi connectivity index (χ4v) is 3.91. The molecular weight excluding hydrogens is 458 g/mol. The second-order valence-corrected chi connectivity index (χ2v) is 7.92. The first-order chi connectivity index (χ1) is 17.0. The first-order valence-electron chi connectivity index (χ1n) is 10.9. The van der Waals surface area contributed by atoms with Gasteiger partial charge in [-0.3, -0.25) is 0 Å². The summed E-state index contributed by atoms with van der Waals surface area (Å²) in [6.07, 6.45) is 4.60. The molecule has 5 rings (SSSR count). The highest BCUT2D eigenvalue weighted by molar-refractivity contribution is 6.01. The number of aromatic amines is 1. The number of anilines is 2. The fraction of sp³-hybridized carbons (Fsp3) is 0.208. The monoisotopic (exact) mass is 480 g/mol. The lowest BCUT2D eigenvalue weighted by Gasteiger charge is -2.36. The number of piperazine rings is 1. The molecule has 0 aliphatic carbocycles. The van der Waals surface area contributed by atoms with E-state index in [4.69, 9.17) is 9.47 Å². The number of aromatic nitrogens is 3. The number of methoxy groups -OCH3 is 1. The van der Waals surface area contributed by atoms with Crippen LogP contribution in [0.25, 0.3) is 10.9 Å². The molecule has 0 unspecified atom stereocenters.